The van der Waals surface area contributed by atoms with Crippen molar-refractivity contribution in [2.24, 2.45) is 5.92 Å². The van der Waals surface area contributed by atoms with Crippen molar-refractivity contribution in [3.8, 4) is 0 Å². The molecule has 3 nitrogen and oxygen atoms in total. The molecule has 1 aromatic heterocycles. The number of hydrogen-bond acceptors (Lipinski definition) is 4. The standard InChI is InChI=1S/C15H27N3S/c1-4-18-9-5-6-14(10-18)12(2)16-8-7-15-11-19-13(3)17-15/h11-12,14,16H,4-10H2,1-3H3. The van der Waals surface area contributed by atoms with E-state index in [4.69, 9.17) is 0 Å². The Morgan fingerprint density at radius 3 is 3.11 bits per heavy atom. The van der Waals surface area contributed by atoms with E-state index in [-0.39, 0.29) is 0 Å². The molecule has 19 heavy (non-hydrogen) atoms. The van der Waals surface area contributed by atoms with Crippen LogP contribution in [0.3, 0.4) is 0 Å². The fraction of sp³-hybridized carbons (Fsp3) is 0.800. The van der Waals surface area contributed by atoms with Crippen molar-refractivity contribution in [1.29, 1.82) is 0 Å². The van der Waals surface area contributed by atoms with Gasteiger partial charge in [-0.25, -0.2) is 4.98 Å². The Hall–Kier alpha value is -0.450. The highest BCUT2D eigenvalue weighted by Crippen LogP contribution is 2.19. The predicted molar refractivity (Wildman–Crippen MR) is 82.9 cm³/mol. The predicted octanol–water partition coefficient (Wildman–Crippen LogP) is 2.70. The molecule has 1 fully saturated rings. The molecule has 0 aromatic carbocycles. The lowest BCUT2D eigenvalue weighted by molar-refractivity contribution is 0.157. The van der Waals surface area contributed by atoms with E-state index in [0.717, 1.165) is 18.9 Å². The van der Waals surface area contributed by atoms with E-state index in [2.05, 4.69) is 41.4 Å². The summed E-state index contributed by atoms with van der Waals surface area (Å²) < 4.78 is 0. The zero-order valence-electron chi connectivity index (χ0n) is 12.5. The van der Waals surface area contributed by atoms with E-state index in [1.54, 1.807) is 11.3 Å². The van der Waals surface area contributed by atoms with Gasteiger partial charge in [0.05, 0.1) is 10.7 Å². The SMILES string of the molecule is CCN1CCCC(C(C)NCCc2csc(C)n2)C1. The first-order valence-electron chi connectivity index (χ1n) is 7.55. The summed E-state index contributed by atoms with van der Waals surface area (Å²) in [6.45, 7) is 11.5. The minimum atomic E-state index is 0.620. The molecule has 0 bridgehead atoms. The number of nitrogens with one attached hydrogen (secondary N) is 1. The van der Waals surface area contributed by atoms with Crippen LogP contribution in [0.15, 0.2) is 5.38 Å². The molecule has 0 saturated carbocycles. The van der Waals surface area contributed by atoms with Gasteiger partial charge in [-0.2, -0.15) is 0 Å². The summed E-state index contributed by atoms with van der Waals surface area (Å²) in [6.07, 6.45) is 3.79. The highest BCUT2D eigenvalue weighted by atomic mass is 32.1. The van der Waals surface area contributed by atoms with Crippen LogP contribution in [-0.4, -0.2) is 42.1 Å². The van der Waals surface area contributed by atoms with Gasteiger partial charge >= 0.3 is 0 Å². The number of hydrogen-bond donors (Lipinski definition) is 1. The molecular weight excluding hydrogens is 254 g/mol. The number of aryl methyl sites for hydroxylation is 1. The van der Waals surface area contributed by atoms with Gasteiger partial charge in [0, 0.05) is 30.9 Å². The van der Waals surface area contributed by atoms with Crippen LogP contribution in [0.2, 0.25) is 0 Å². The maximum absolute atomic E-state index is 4.52. The molecule has 2 heterocycles. The summed E-state index contributed by atoms with van der Waals surface area (Å²) in [5.41, 5.74) is 1.24. The minimum absolute atomic E-state index is 0.620. The van der Waals surface area contributed by atoms with Crippen LogP contribution in [0.4, 0.5) is 0 Å². The van der Waals surface area contributed by atoms with Gasteiger partial charge in [-0.05, 0) is 45.7 Å². The molecule has 1 aliphatic heterocycles. The zero-order valence-corrected chi connectivity index (χ0v) is 13.3. The van der Waals surface area contributed by atoms with Gasteiger partial charge in [-0.3, -0.25) is 0 Å². The average Bonchev–Trinajstić information content (AvgIpc) is 2.84. The molecule has 1 aromatic rings. The highest BCUT2D eigenvalue weighted by molar-refractivity contribution is 7.09. The average molecular weight is 281 g/mol. The second-order valence-corrected chi connectivity index (χ2v) is 6.71. The van der Waals surface area contributed by atoms with Crippen molar-refractivity contribution in [3.63, 3.8) is 0 Å². The summed E-state index contributed by atoms with van der Waals surface area (Å²) >= 11 is 1.75. The number of likely N-dealkylation sites (tertiary alicyclic amines) is 1. The van der Waals surface area contributed by atoms with Crippen LogP contribution in [0.1, 0.15) is 37.4 Å². The number of piperidine rings is 1. The van der Waals surface area contributed by atoms with Gasteiger partial charge in [0.25, 0.3) is 0 Å². The maximum Gasteiger partial charge on any atom is 0.0897 e. The Bertz CT molecular complexity index is 377. The third kappa shape index (κ3) is 4.55. The largest absolute Gasteiger partial charge is 0.314 e. The van der Waals surface area contributed by atoms with Gasteiger partial charge in [0.1, 0.15) is 0 Å². The van der Waals surface area contributed by atoms with E-state index >= 15 is 0 Å². The lowest BCUT2D eigenvalue weighted by atomic mass is 9.91. The third-order valence-corrected chi connectivity index (χ3v) is 5.03. The Kier molecular flexibility index (Phi) is 5.79. The number of nitrogens with zero attached hydrogens (tertiary/aromatic N) is 2. The molecule has 1 N–H and O–H groups in total. The maximum atomic E-state index is 4.52. The molecule has 2 atom stereocenters. The quantitative estimate of drug-likeness (QED) is 0.869. The molecule has 4 heteroatoms. The first-order chi connectivity index (χ1) is 9.19. The van der Waals surface area contributed by atoms with Gasteiger partial charge in [0.2, 0.25) is 0 Å². The summed E-state index contributed by atoms with van der Waals surface area (Å²) in [6, 6.07) is 0.620. The van der Waals surface area contributed by atoms with E-state index < -0.39 is 0 Å². The van der Waals surface area contributed by atoms with E-state index in [1.165, 1.54) is 43.2 Å². The topological polar surface area (TPSA) is 28.2 Å². The number of rotatable bonds is 6. The summed E-state index contributed by atoms with van der Waals surface area (Å²) in [5, 5.41) is 7.05. The number of aromatic nitrogens is 1. The molecule has 1 aliphatic rings. The van der Waals surface area contributed by atoms with Crippen molar-refractivity contribution in [3.05, 3.63) is 16.1 Å². The zero-order chi connectivity index (χ0) is 13.7. The molecule has 0 amide bonds. The van der Waals surface area contributed by atoms with Crippen molar-refractivity contribution >= 4 is 11.3 Å². The van der Waals surface area contributed by atoms with Crippen LogP contribution in [0.25, 0.3) is 0 Å². The Morgan fingerprint density at radius 2 is 2.42 bits per heavy atom. The fourth-order valence-corrected chi connectivity index (χ4v) is 3.55. The van der Waals surface area contributed by atoms with Gasteiger partial charge in [-0.1, -0.05) is 6.92 Å². The Labute approximate surface area is 121 Å². The molecule has 0 radical (unpaired) electrons. The van der Waals surface area contributed by atoms with Crippen LogP contribution >= 0.6 is 11.3 Å². The molecule has 2 unspecified atom stereocenters. The molecule has 108 valence electrons. The molecule has 2 rings (SSSR count). The first-order valence-corrected chi connectivity index (χ1v) is 8.43. The Morgan fingerprint density at radius 1 is 1.58 bits per heavy atom. The van der Waals surface area contributed by atoms with Crippen LogP contribution in [-0.2, 0) is 6.42 Å². The van der Waals surface area contributed by atoms with E-state index in [0.29, 0.717) is 6.04 Å². The lowest BCUT2D eigenvalue weighted by Gasteiger charge is -2.35. The molecular formula is C15H27N3S. The van der Waals surface area contributed by atoms with E-state index in [9.17, 15) is 0 Å². The Balaban J connectivity index is 1.70. The van der Waals surface area contributed by atoms with Crippen LogP contribution < -0.4 is 5.32 Å². The van der Waals surface area contributed by atoms with Gasteiger partial charge in [0.15, 0.2) is 0 Å². The van der Waals surface area contributed by atoms with Crippen molar-refractivity contribution in [2.75, 3.05) is 26.2 Å². The number of thiazole rings is 1. The summed E-state index contributed by atoms with van der Waals surface area (Å²) in [4.78, 5) is 7.10. The second kappa shape index (κ2) is 7.36. The first kappa shape index (κ1) is 14.9. The monoisotopic (exact) mass is 281 g/mol. The van der Waals surface area contributed by atoms with Gasteiger partial charge in [-0.15, -0.1) is 11.3 Å². The fourth-order valence-electron chi connectivity index (χ4n) is 2.90. The minimum Gasteiger partial charge on any atom is -0.314 e. The van der Waals surface area contributed by atoms with Crippen molar-refractivity contribution in [2.45, 2.75) is 46.1 Å². The summed E-state index contributed by atoms with van der Waals surface area (Å²) in [7, 11) is 0. The highest BCUT2D eigenvalue weighted by Gasteiger charge is 2.23. The van der Waals surface area contributed by atoms with Crippen molar-refractivity contribution in [1.82, 2.24) is 15.2 Å². The molecule has 1 saturated heterocycles. The summed E-state index contributed by atoms with van der Waals surface area (Å²) in [5.74, 6) is 0.811. The lowest BCUT2D eigenvalue weighted by Crippen LogP contribution is -2.44. The normalized spacial score (nSPS) is 22.6. The third-order valence-electron chi connectivity index (χ3n) is 4.21. The van der Waals surface area contributed by atoms with Crippen molar-refractivity contribution < 1.29 is 0 Å². The van der Waals surface area contributed by atoms with Crippen LogP contribution in [0.5, 0.6) is 0 Å². The molecule has 0 spiro atoms. The van der Waals surface area contributed by atoms with E-state index in [1.807, 2.05) is 0 Å². The molecule has 0 aliphatic carbocycles. The smallest absolute Gasteiger partial charge is 0.0897 e. The van der Waals surface area contributed by atoms with Gasteiger partial charge < -0.3 is 10.2 Å². The van der Waals surface area contributed by atoms with Crippen LogP contribution in [0, 0.1) is 12.8 Å². The second-order valence-electron chi connectivity index (χ2n) is 5.65.